The van der Waals surface area contributed by atoms with E-state index in [-0.39, 0.29) is 0 Å². The molecule has 0 aromatic rings. The molecular weight excluding hydrogens is 126 g/mol. The molecule has 44 valence electrons. The molecule has 0 radical (unpaired) electrons. The van der Waals surface area contributed by atoms with Gasteiger partial charge in [-0.15, -0.1) is 0 Å². The van der Waals surface area contributed by atoms with Gasteiger partial charge in [-0.1, -0.05) is 0 Å². The molecule has 0 nitrogen and oxygen atoms in total. The van der Waals surface area contributed by atoms with Crippen LogP contribution in [0.25, 0.3) is 0 Å². The van der Waals surface area contributed by atoms with Crippen LogP contribution in [-0.4, -0.2) is 20.0 Å². The molecule has 0 atom stereocenters. The summed E-state index contributed by atoms with van der Waals surface area (Å²) in [7, 11) is 0. The molecule has 0 saturated carbocycles. The van der Waals surface area contributed by atoms with Gasteiger partial charge >= 0.3 is 49.6 Å². The van der Waals surface area contributed by atoms with E-state index in [4.69, 9.17) is 11.2 Å². The summed E-state index contributed by atoms with van der Waals surface area (Å²) in [6, 6.07) is 0. The van der Waals surface area contributed by atoms with Crippen LogP contribution < -0.4 is 0 Å². The van der Waals surface area contributed by atoms with Crippen molar-refractivity contribution in [3.05, 3.63) is 12.4 Å². The second-order valence-corrected chi connectivity index (χ2v) is 12.3. The molecule has 0 unspecified atom stereocenters. The summed E-state index contributed by atoms with van der Waals surface area (Å²) in [5, 5.41) is 0. The Bertz CT molecular complexity index is 78.7. The summed E-state index contributed by atoms with van der Waals surface area (Å²) in [4.78, 5) is 0. The molecule has 0 aliphatic carbocycles. The van der Waals surface area contributed by atoms with E-state index >= 15 is 0 Å². The molecule has 0 saturated heterocycles. The van der Waals surface area contributed by atoms with Gasteiger partial charge in [-0.3, -0.25) is 0 Å². The van der Waals surface area contributed by atoms with Crippen LogP contribution in [-0.2, 0) is 0 Å². The Hall–Kier alpha value is 0.460. The Balaban J connectivity index is 4.10. The third-order valence-corrected chi connectivity index (χ3v) is 2.26. The van der Waals surface area contributed by atoms with E-state index in [1.165, 1.54) is 0 Å². The molecule has 2 heteroatoms. The zero-order chi connectivity index (χ0) is 6.15. The SMILES string of the molecule is C=CP(C)(C)(C)Cl. The van der Waals surface area contributed by atoms with Crippen molar-refractivity contribution in [2.45, 2.75) is 0 Å². The van der Waals surface area contributed by atoms with Crippen LogP contribution in [0.1, 0.15) is 0 Å². The predicted octanol–water partition coefficient (Wildman–Crippen LogP) is 2.73. The summed E-state index contributed by atoms with van der Waals surface area (Å²) >= 11 is 5.99. The van der Waals surface area contributed by atoms with Crippen molar-refractivity contribution in [2.75, 3.05) is 20.0 Å². The third-order valence-electron chi connectivity index (χ3n) is 0.617. The summed E-state index contributed by atoms with van der Waals surface area (Å²) in [6.07, 6.45) is 0. The molecule has 0 aromatic heterocycles. The maximum absolute atomic E-state index is 5.99. The van der Waals surface area contributed by atoms with Gasteiger partial charge in [-0.05, 0) is 0 Å². The summed E-state index contributed by atoms with van der Waals surface area (Å²) in [6.45, 7) is 9.76. The van der Waals surface area contributed by atoms with E-state index in [0.29, 0.717) is 0 Å². The van der Waals surface area contributed by atoms with Crippen LogP contribution in [0.15, 0.2) is 12.4 Å². The van der Waals surface area contributed by atoms with Crippen molar-refractivity contribution in [1.82, 2.24) is 0 Å². The maximum atomic E-state index is 5.99. The Kier molecular flexibility index (Phi) is 1.56. The summed E-state index contributed by atoms with van der Waals surface area (Å²) in [5.74, 6) is 0.0148. The van der Waals surface area contributed by atoms with Crippen molar-refractivity contribution >= 4 is 17.2 Å². The quantitative estimate of drug-likeness (QED) is 0.489. The van der Waals surface area contributed by atoms with Gasteiger partial charge in [0, 0.05) is 0 Å². The van der Waals surface area contributed by atoms with Gasteiger partial charge in [0.05, 0.1) is 0 Å². The Morgan fingerprint density at radius 3 is 1.57 bits per heavy atom. The van der Waals surface area contributed by atoms with E-state index in [1.54, 1.807) is 0 Å². The fourth-order valence-corrected chi connectivity index (χ4v) is 0. The minimum atomic E-state index is -1.84. The minimum absolute atomic E-state index is 1.84. The topological polar surface area (TPSA) is 0 Å². The van der Waals surface area contributed by atoms with Gasteiger partial charge in [-0.25, -0.2) is 0 Å². The number of hydrogen-bond donors (Lipinski definition) is 0. The van der Waals surface area contributed by atoms with Crippen LogP contribution in [0.4, 0.5) is 0 Å². The Morgan fingerprint density at radius 1 is 1.43 bits per heavy atom. The second kappa shape index (κ2) is 1.47. The Morgan fingerprint density at radius 2 is 1.57 bits per heavy atom. The number of rotatable bonds is 1. The molecule has 0 fully saturated rings. The van der Waals surface area contributed by atoms with E-state index in [2.05, 4.69) is 6.58 Å². The van der Waals surface area contributed by atoms with Gasteiger partial charge in [0.1, 0.15) is 0 Å². The van der Waals surface area contributed by atoms with E-state index in [1.807, 2.05) is 25.8 Å². The van der Waals surface area contributed by atoms with Gasteiger partial charge in [0.2, 0.25) is 0 Å². The van der Waals surface area contributed by atoms with Crippen LogP contribution in [0, 0.1) is 0 Å². The molecule has 0 aliphatic heterocycles. The van der Waals surface area contributed by atoms with Crippen molar-refractivity contribution in [3.8, 4) is 0 Å². The zero-order valence-electron chi connectivity index (χ0n) is 5.11. The first-order chi connectivity index (χ1) is 2.81. The van der Waals surface area contributed by atoms with Crippen molar-refractivity contribution < 1.29 is 0 Å². The van der Waals surface area contributed by atoms with Gasteiger partial charge in [0.15, 0.2) is 0 Å². The standard InChI is InChI=1S/C5H12ClP/c1-5-7(2,3,4)6/h5H,1H2,2-4H3. The summed E-state index contributed by atoms with van der Waals surface area (Å²) in [5.41, 5.74) is 0. The molecule has 0 N–H and O–H groups in total. The average molecular weight is 139 g/mol. The van der Waals surface area contributed by atoms with Crippen LogP contribution in [0.5, 0.6) is 0 Å². The van der Waals surface area contributed by atoms with Gasteiger partial charge in [-0.2, -0.15) is 0 Å². The van der Waals surface area contributed by atoms with Crippen LogP contribution in [0.2, 0.25) is 0 Å². The molecule has 0 rings (SSSR count). The molecule has 0 heterocycles. The predicted molar refractivity (Wildman–Crippen MR) is 40.7 cm³/mol. The molecule has 7 heavy (non-hydrogen) atoms. The molecule has 0 aromatic carbocycles. The first-order valence-electron chi connectivity index (χ1n) is 2.18. The average Bonchev–Trinajstić information content (AvgIpc) is 1.32. The van der Waals surface area contributed by atoms with Gasteiger partial charge in [0.25, 0.3) is 0 Å². The fourth-order valence-electron chi connectivity index (χ4n) is 0. The van der Waals surface area contributed by atoms with E-state index < -0.39 is 5.96 Å². The molecule has 0 bridgehead atoms. The van der Waals surface area contributed by atoms with Crippen LogP contribution >= 0.6 is 17.2 Å². The van der Waals surface area contributed by atoms with Gasteiger partial charge < -0.3 is 0 Å². The van der Waals surface area contributed by atoms with E-state index in [0.717, 1.165) is 0 Å². The van der Waals surface area contributed by atoms with E-state index in [9.17, 15) is 0 Å². The van der Waals surface area contributed by atoms with Crippen molar-refractivity contribution in [1.29, 1.82) is 0 Å². The molecule has 0 amide bonds. The van der Waals surface area contributed by atoms with Crippen LogP contribution in [0.3, 0.4) is 0 Å². The Labute approximate surface area is 50.3 Å². The first kappa shape index (κ1) is 7.46. The normalized spacial score (nSPS) is 17.4. The zero-order valence-corrected chi connectivity index (χ0v) is 6.76. The molecule has 0 aliphatic rings. The summed E-state index contributed by atoms with van der Waals surface area (Å²) < 4.78 is 0. The molecular formula is C5H12ClP. The fraction of sp³-hybridized carbons (Fsp3) is 0.600. The second-order valence-electron chi connectivity index (χ2n) is 2.90. The molecule has 0 spiro atoms. The third kappa shape index (κ3) is 6.46. The van der Waals surface area contributed by atoms with Crippen molar-refractivity contribution in [2.24, 2.45) is 0 Å². The number of hydrogen-bond acceptors (Lipinski definition) is 0. The van der Waals surface area contributed by atoms with Crippen molar-refractivity contribution in [3.63, 3.8) is 0 Å². The monoisotopic (exact) mass is 138 g/mol. The number of halogens is 1. The first-order valence-corrected chi connectivity index (χ1v) is 6.73.